The van der Waals surface area contributed by atoms with Gasteiger partial charge in [-0.1, -0.05) is 37.6 Å². The highest BCUT2D eigenvalue weighted by Crippen LogP contribution is 2.37. The highest BCUT2D eigenvalue weighted by molar-refractivity contribution is 7.89. The Morgan fingerprint density at radius 1 is 1.08 bits per heavy atom. The van der Waals surface area contributed by atoms with Crippen LogP contribution < -0.4 is 0 Å². The summed E-state index contributed by atoms with van der Waals surface area (Å²) in [5, 5.41) is 0.283. The number of hydrogen-bond acceptors (Lipinski definition) is 6. The molecule has 0 aromatic heterocycles. The molecule has 0 aliphatic heterocycles. The predicted octanol–water partition coefficient (Wildman–Crippen LogP) is 2.58. The monoisotopic (exact) mass is 386 g/mol. The van der Waals surface area contributed by atoms with E-state index in [0.717, 1.165) is 7.11 Å². The lowest BCUT2D eigenvalue weighted by molar-refractivity contribution is 0.112. The minimum Gasteiger partial charge on any atom is -0.298 e. The zero-order valence-electron chi connectivity index (χ0n) is 13.7. The molecular weight excluding hydrogens is 368 g/mol. The molecule has 1 N–H and O–H groups in total. The van der Waals surface area contributed by atoms with Crippen LogP contribution in [0.1, 0.15) is 35.7 Å². The number of rotatable bonds is 7. The molecule has 7 nitrogen and oxygen atoms in total. The Hall–Kier alpha value is -1.81. The second-order valence-corrected chi connectivity index (χ2v) is 8.42. The first-order valence-electron chi connectivity index (χ1n) is 7.49. The first-order chi connectivity index (χ1) is 11.7. The minimum absolute atomic E-state index is 0.000626. The Kier molecular flexibility index (Phi) is 5.62. The maximum atomic E-state index is 12.4. The van der Waals surface area contributed by atoms with Gasteiger partial charge in [0.1, 0.15) is 9.79 Å². The zero-order valence-corrected chi connectivity index (χ0v) is 15.4. The Balaban J connectivity index is 3.20. The molecule has 2 rings (SSSR count). The van der Waals surface area contributed by atoms with E-state index < -0.39 is 30.0 Å². The van der Waals surface area contributed by atoms with Gasteiger partial charge >= 0.3 is 0 Å². The van der Waals surface area contributed by atoms with E-state index in [4.69, 9.17) is 0 Å². The lowest BCUT2D eigenvalue weighted by atomic mass is 9.96. The predicted molar refractivity (Wildman–Crippen MR) is 92.0 cm³/mol. The molecule has 0 bridgehead atoms. The van der Waals surface area contributed by atoms with E-state index in [0.29, 0.717) is 19.1 Å². The number of carbonyl (C=O) groups excluding carboxylic acids is 1. The van der Waals surface area contributed by atoms with Crippen LogP contribution in [0.4, 0.5) is 0 Å². The van der Waals surface area contributed by atoms with Crippen LogP contribution in [0.2, 0.25) is 0 Å². The van der Waals surface area contributed by atoms with Gasteiger partial charge in [-0.3, -0.25) is 13.5 Å². The van der Waals surface area contributed by atoms with Crippen LogP contribution in [0.25, 0.3) is 10.8 Å². The van der Waals surface area contributed by atoms with Crippen molar-refractivity contribution >= 4 is 37.3 Å². The molecular formula is C16H18O7S2. The summed E-state index contributed by atoms with van der Waals surface area (Å²) in [7, 11) is -8.50. The van der Waals surface area contributed by atoms with Crippen molar-refractivity contribution in [1.29, 1.82) is 0 Å². The maximum absolute atomic E-state index is 12.4. The number of benzene rings is 2. The number of aldehydes is 1. The molecule has 0 atom stereocenters. The van der Waals surface area contributed by atoms with Gasteiger partial charge in [-0.25, -0.2) is 0 Å². The smallest absolute Gasteiger partial charge is 0.298 e. The Morgan fingerprint density at radius 3 is 2.16 bits per heavy atom. The van der Waals surface area contributed by atoms with E-state index in [1.807, 2.05) is 6.92 Å². The summed E-state index contributed by atoms with van der Waals surface area (Å²) in [5.41, 5.74) is 0.0282. The van der Waals surface area contributed by atoms with Crippen LogP contribution in [-0.4, -0.2) is 34.8 Å². The molecule has 0 heterocycles. The molecule has 0 radical (unpaired) electrons. The largest absolute Gasteiger partial charge is 0.298 e. The second kappa shape index (κ2) is 7.20. The summed E-state index contributed by atoms with van der Waals surface area (Å²) in [5.74, 6) is 0. The lowest BCUT2D eigenvalue weighted by Gasteiger charge is -2.18. The minimum atomic E-state index is -4.93. The van der Waals surface area contributed by atoms with E-state index in [1.165, 1.54) is 18.2 Å². The Bertz CT molecular complexity index is 1020. The molecule has 0 fully saturated rings. The third kappa shape index (κ3) is 3.59. The molecule has 136 valence electrons. The van der Waals surface area contributed by atoms with E-state index in [2.05, 4.69) is 4.18 Å². The van der Waals surface area contributed by atoms with Crippen molar-refractivity contribution < 1.29 is 30.4 Å². The summed E-state index contributed by atoms with van der Waals surface area (Å²) in [6.45, 7) is 1.86. The fourth-order valence-corrected chi connectivity index (χ4v) is 5.25. The van der Waals surface area contributed by atoms with Crippen molar-refractivity contribution in [2.45, 2.75) is 36.0 Å². The van der Waals surface area contributed by atoms with Crippen LogP contribution in [0.15, 0.2) is 34.1 Å². The van der Waals surface area contributed by atoms with Gasteiger partial charge in [-0.15, -0.1) is 0 Å². The molecule has 2 aromatic rings. The summed E-state index contributed by atoms with van der Waals surface area (Å²) in [6.07, 6.45) is 1.79. The molecule has 9 heteroatoms. The van der Waals surface area contributed by atoms with Crippen LogP contribution in [-0.2, 0) is 30.8 Å². The van der Waals surface area contributed by atoms with Gasteiger partial charge in [0.05, 0.1) is 7.11 Å². The van der Waals surface area contributed by atoms with Gasteiger partial charge in [-0.2, -0.15) is 16.8 Å². The van der Waals surface area contributed by atoms with Crippen molar-refractivity contribution in [3.63, 3.8) is 0 Å². The molecule has 0 saturated heterocycles. The van der Waals surface area contributed by atoms with Crippen LogP contribution >= 0.6 is 0 Å². The quantitative estimate of drug-likeness (QED) is 0.442. The highest BCUT2D eigenvalue weighted by Gasteiger charge is 2.33. The van der Waals surface area contributed by atoms with Gasteiger partial charge in [0.15, 0.2) is 6.29 Å². The van der Waals surface area contributed by atoms with Gasteiger partial charge in [-0.05, 0) is 23.8 Å². The zero-order chi connectivity index (χ0) is 18.8. The van der Waals surface area contributed by atoms with Crippen molar-refractivity contribution in [2.24, 2.45) is 0 Å². The topological polar surface area (TPSA) is 115 Å². The van der Waals surface area contributed by atoms with Crippen LogP contribution in [0.3, 0.4) is 0 Å². The summed E-state index contributed by atoms with van der Waals surface area (Å²) >= 11 is 0. The van der Waals surface area contributed by atoms with Crippen molar-refractivity contribution in [3.05, 3.63) is 35.4 Å². The van der Waals surface area contributed by atoms with E-state index in [-0.39, 0.29) is 28.3 Å². The lowest BCUT2D eigenvalue weighted by Crippen LogP contribution is -2.16. The average molecular weight is 386 g/mol. The first kappa shape index (κ1) is 19.5. The van der Waals surface area contributed by atoms with Crippen LogP contribution in [0, 0.1) is 0 Å². The third-order valence-corrected chi connectivity index (χ3v) is 6.35. The Labute approximate surface area is 146 Å². The number of carbonyl (C=O) groups is 1. The van der Waals surface area contributed by atoms with Crippen LogP contribution in [0.5, 0.6) is 0 Å². The van der Waals surface area contributed by atoms with Gasteiger partial charge < -0.3 is 0 Å². The van der Waals surface area contributed by atoms with Crippen molar-refractivity contribution in [3.8, 4) is 0 Å². The molecule has 2 aromatic carbocycles. The first-order valence-corrected chi connectivity index (χ1v) is 10.3. The van der Waals surface area contributed by atoms with Gasteiger partial charge in [0.25, 0.3) is 20.2 Å². The van der Waals surface area contributed by atoms with E-state index >= 15 is 0 Å². The van der Waals surface area contributed by atoms with E-state index in [1.54, 1.807) is 6.07 Å². The normalized spacial score (nSPS) is 12.4. The number of unbranched alkanes of at least 4 members (excludes halogenated alkanes) is 1. The fraction of sp³-hybridized carbons (Fsp3) is 0.312. The molecule has 0 unspecified atom stereocenters. The summed E-state index contributed by atoms with van der Waals surface area (Å²) in [6, 6.07) is 6.00. The Morgan fingerprint density at radius 2 is 1.68 bits per heavy atom. The SMILES string of the molecule is CCCCc1c(S(=O)(=O)O)c(S(=O)(=O)OC)c2ccccc2c1C=O. The fourth-order valence-electron chi connectivity index (χ4n) is 2.80. The second-order valence-electron chi connectivity index (χ2n) is 5.41. The van der Waals surface area contributed by atoms with E-state index in [9.17, 15) is 26.2 Å². The summed E-state index contributed by atoms with van der Waals surface area (Å²) in [4.78, 5) is 10.2. The average Bonchev–Trinajstić information content (AvgIpc) is 2.57. The highest BCUT2D eigenvalue weighted by atomic mass is 32.2. The maximum Gasteiger partial charge on any atom is 0.298 e. The molecule has 25 heavy (non-hydrogen) atoms. The third-order valence-electron chi connectivity index (χ3n) is 3.89. The molecule has 0 aliphatic rings. The van der Waals surface area contributed by atoms with Crippen molar-refractivity contribution in [2.75, 3.05) is 7.11 Å². The molecule has 0 spiro atoms. The molecule has 0 saturated carbocycles. The molecule has 0 aliphatic carbocycles. The van der Waals surface area contributed by atoms with Gasteiger partial charge in [0.2, 0.25) is 0 Å². The number of hydrogen-bond donors (Lipinski definition) is 1. The molecule has 0 amide bonds. The standard InChI is InChI=1S/C16H18O7S2/c1-3-4-7-13-14(10-17)11-8-5-6-9-12(11)16(25(21,22)23-2)15(13)24(18,19)20/h5-6,8-10H,3-4,7H2,1-2H3,(H,18,19,20). The van der Waals surface area contributed by atoms with Gasteiger partial charge in [0, 0.05) is 10.9 Å². The van der Waals surface area contributed by atoms with Crippen molar-refractivity contribution in [1.82, 2.24) is 0 Å². The number of fused-ring (bicyclic) bond motifs is 1. The summed E-state index contributed by atoms with van der Waals surface area (Å²) < 4.78 is 63.1.